The van der Waals surface area contributed by atoms with Crippen molar-refractivity contribution in [3.8, 4) is 0 Å². The molecule has 0 atom stereocenters. The van der Waals surface area contributed by atoms with Crippen molar-refractivity contribution in [2.45, 2.75) is 45.8 Å². The second kappa shape index (κ2) is 4.61. The third-order valence-corrected chi connectivity index (χ3v) is 4.98. The minimum absolute atomic E-state index is 0.345. The van der Waals surface area contributed by atoms with Crippen LogP contribution in [0.1, 0.15) is 42.9 Å². The summed E-state index contributed by atoms with van der Waals surface area (Å²) >= 11 is 1.36. The summed E-state index contributed by atoms with van der Waals surface area (Å²) in [5, 5.41) is 1.92. The van der Waals surface area contributed by atoms with E-state index in [1.807, 2.05) is 40.0 Å². The van der Waals surface area contributed by atoms with Crippen LogP contribution < -0.4 is 5.46 Å². The molecular formula is C13H19BO4S. The van der Waals surface area contributed by atoms with Crippen LogP contribution in [-0.2, 0) is 14.0 Å². The highest BCUT2D eigenvalue weighted by Gasteiger charge is 2.53. The summed E-state index contributed by atoms with van der Waals surface area (Å²) in [6.07, 6.45) is 0. The Morgan fingerprint density at radius 2 is 1.79 bits per heavy atom. The first-order chi connectivity index (χ1) is 8.69. The molecule has 1 aliphatic rings. The fraction of sp³-hybridized carbons (Fsp3) is 0.615. The first kappa shape index (κ1) is 14.6. The molecule has 1 aliphatic heterocycles. The number of carbonyl (C=O) groups is 1. The molecule has 0 amide bonds. The molecule has 1 fully saturated rings. The van der Waals surface area contributed by atoms with E-state index in [2.05, 4.69) is 0 Å². The van der Waals surface area contributed by atoms with Crippen molar-refractivity contribution in [3.05, 3.63) is 15.8 Å². The third kappa shape index (κ3) is 2.33. The minimum Gasteiger partial charge on any atom is -0.465 e. The Morgan fingerprint density at radius 1 is 1.26 bits per heavy atom. The van der Waals surface area contributed by atoms with Crippen LogP contribution in [0, 0.1) is 6.92 Å². The fourth-order valence-corrected chi connectivity index (χ4v) is 2.94. The maximum absolute atomic E-state index is 11.8. The summed E-state index contributed by atoms with van der Waals surface area (Å²) < 4.78 is 16.8. The maximum Gasteiger partial charge on any atom is 0.496 e. The smallest absolute Gasteiger partial charge is 0.465 e. The Morgan fingerprint density at radius 3 is 2.26 bits per heavy atom. The van der Waals surface area contributed by atoms with E-state index in [9.17, 15) is 4.79 Å². The topological polar surface area (TPSA) is 44.8 Å². The molecule has 0 bridgehead atoms. The van der Waals surface area contributed by atoms with Gasteiger partial charge in [-0.15, -0.1) is 11.3 Å². The first-order valence-electron chi connectivity index (χ1n) is 6.21. The molecule has 4 nitrogen and oxygen atoms in total. The Hall–Kier alpha value is -0.845. The molecule has 1 aromatic heterocycles. The fourth-order valence-electron chi connectivity index (χ4n) is 1.96. The standard InChI is InChI=1S/C13H19BO4S/c1-8-7-19-10(11(15)16-6)9(8)14-17-12(2,3)13(4,5)18-14/h7H,1-6H3. The van der Waals surface area contributed by atoms with Gasteiger partial charge in [-0.1, -0.05) is 0 Å². The molecule has 0 saturated carbocycles. The lowest BCUT2D eigenvalue weighted by Crippen LogP contribution is -2.41. The Bertz CT molecular complexity index is 491. The zero-order valence-corrected chi connectivity index (χ0v) is 13.0. The van der Waals surface area contributed by atoms with Gasteiger partial charge in [0.1, 0.15) is 4.88 Å². The zero-order chi connectivity index (χ0) is 14.4. The normalized spacial score (nSPS) is 20.6. The van der Waals surface area contributed by atoms with Crippen LogP contribution in [0.4, 0.5) is 0 Å². The van der Waals surface area contributed by atoms with Crippen molar-refractivity contribution in [2.75, 3.05) is 7.11 Å². The zero-order valence-electron chi connectivity index (χ0n) is 12.2. The first-order valence-corrected chi connectivity index (χ1v) is 7.09. The number of rotatable bonds is 2. The van der Waals surface area contributed by atoms with Gasteiger partial charge in [-0.25, -0.2) is 4.79 Å². The van der Waals surface area contributed by atoms with Gasteiger partial charge in [-0.2, -0.15) is 0 Å². The van der Waals surface area contributed by atoms with Gasteiger partial charge in [0.2, 0.25) is 0 Å². The Kier molecular flexibility index (Phi) is 3.54. The van der Waals surface area contributed by atoms with Gasteiger partial charge in [-0.3, -0.25) is 0 Å². The number of methoxy groups -OCH3 is 1. The lowest BCUT2D eigenvalue weighted by Gasteiger charge is -2.32. The molecule has 104 valence electrons. The molecule has 0 N–H and O–H groups in total. The largest absolute Gasteiger partial charge is 0.496 e. The predicted octanol–water partition coefficient (Wildman–Crippen LogP) is 2.14. The number of carbonyl (C=O) groups excluding carboxylic acids is 1. The van der Waals surface area contributed by atoms with Crippen LogP contribution in [0.15, 0.2) is 5.38 Å². The van der Waals surface area contributed by atoms with E-state index in [-0.39, 0.29) is 5.97 Å². The van der Waals surface area contributed by atoms with Crippen LogP contribution in [0.25, 0.3) is 0 Å². The molecule has 2 heterocycles. The van der Waals surface area contributed by atoms with Crippen molar-refractivity contribution in [2.24, 2.45) is 0 Å². The number of thiophene rings is 1. The lowest BCUT2D eigenvalue weighted by molar-refractivity contribution is 0.00578. The van der Waals surface area contributed by atoms with Crippen molar-refractivity contribution in [1.82, 2.24) is 0 Å². The van der Waals surface area contributed by atoms with E-state index in [0.717, 1.165) is 11.0 Å². The molecule has 0 radical (unpaired) electrons. The number of ether oxygens (including phenoxy) is 1. The van der Waals surface area contributed by atoms with Crippen LogP contribution >= 0.6 is 11.3 Å². The van der Waals surface area contributed by atoms with Gasteiger partial charge in [0, 0.05) is 5.46 Å². The second-order valence-electron chi connectivity index (χ2n) is 5.74. The summed E-state index contributed by atoms with van der Waals surface area (Å²) in [6.45, 7) is 9.92. The minimum atomic E-state index is -0.523. The average molecular weight is 282 g/mol. The van der Waals surface area contributed by atoms with Gasteiger partial charge in [0.05, 0.1) is 18.3 Å². The van der Waals surface area contributed by atoms with Crippen LogP contribution in [0.5, 0.6) is 0 Å². The number of hydrogen-bond acceptors (Lipinski definition) is 5. The van der Waals surface area contributed by atoms with E-state index >= 15 is 0 Å². The maximum atomic E-state index is 11.8. The molecule has 2 rings (SSSR count). The Balaban J connectivity index is 2.40. The summed E-state index contributed by atoms with van der Waals surface area (Å²) in [7, 11) is 0.858. The second-order valence-corrected chi connectivity index (χ2v) is 6.62. The van der Waals surface area contributed by atoms with Crippen LogP contribution in [0.3, 0.4) is 0 Å². The Labute approximate surface area is 118 Å². The highest BCUT2D eigenvalue weighted by atomic mass is 32.1. The van der Waals surface area contributed by atoms with E-state index in [4.69, 9.17) is 14.0 Å². The molecule has 19 heavy (non-hydrogen) atoms. The molecule has 1 aromatic rings. The number of hydrogen-bond donors (Lipinski definition) is 0. The van der Waals surface area contributed by atoms with Crippen molar-refractivity contribution >= 4 is 29.9 Å². The summed E-state index contributed by atoms with van der Waals surface area (Å²) in [6, 6.07) is 0. The molecule has 0 aliphatic carbocycles. The van der Waals surface area contributed by atoms with Gasteiger partial charge in [0.25, 0.3) is 0 Å². The summed E-state index contributed by atoms with van der Waals surface area (Å²) in [5.41, 5.74) is 0.943. The number of esters is 1. The van der Waals surface area contributed by atoms with E-state index in [1.54, 1.807) is 0 Å². The van der Waals surface area contributed by atoms with Gasteiger partial charge in [-0.05, 0) is 45.6 Å². The highest BCUT2D eigenvalue weighted by Crippen LogP contribution is 2.37. The van der Waals surface area contributed by atoms with Crippen molar-refractivity contribution < 1.29 is 18.8 Å². The van der Waals surface area contributed by atoms with Gasteiger partial charge in [0.15, 0.2) is 0 Å². The SMILES string of the molecule is COC(=O)c1scc(C)c1B1OC(C)(C)C(C)(C)O1. The lowest BCUT2D eigenvalue weighted by atomic mass is 9.76. The predicted molar refractivity (Wildman–Crippen MR) is 76.1 cm³/mol. The molecule has 6 heteroatoms. The molecule has 0 unspecified atom stereocenters. The summed E-state index contributed by atoms with van der Waals surface area (Å²) in [4.78, 5) is 12.4. The quantitative estimate of drug-likeness (QED) is 0.616. The number of aryl methyl sites for hydroxylation is 1. The van der Waals surface area contributed by atoms with Crippen molar-refractivity contribution in [1.29, 1.82) is 0 Å². The average Bonchev–Trinajstić information content (AvgIpc) is 2.76. The summed E-state index contributed by atoms with van der Waals surface area (Å²) in [5.74, 6) is -0.345. The van der Waals surface area contributed by atoms with E-state index in [0.29, 0.717) is 4.88 Å². The third-order valence-electron chi connectivity index (χ3n) is 3.88. The molecule has 0 aromatic carbocycles. The van der Waals surface area contributed by atoms with Crippen molar-refractivity contribution in [3.63, 3.8) is 0 Å². The van der Waals surface area contributed by atoms with Gasteiger partial charge >= 0.3 is 13.1 Å². The highest BCUT2D eigenvalue weighted by molar-refractivity contribution is 7.13. The molecule has 0 spiro atoms. The molecular weight excluding hydrogens is 263 g/mol. The van der Waals surface area contributed by atoms with Gasteiger partial charge < -0.3 is 14.0 Å². The monoisotopic (exact) mass is 282 g/mol. The van der Waals surface area contributed by atoms with E-state index < -0.39 is 18.3 Å². The van der Waals surface area contributed by atoms with Crippen LogP contribution in [-0.4, -0.2) is 31.4 Å². The van der Waals surface area contributed by atoms with Crippen LogP contribution in [0.2, 0.25) is 0 Å². The van der Waals surface area contributed by atoms with E-state index in [1.165, 1.54) is 18.4 Å². The molecule has 1 saturated heterocycles.